The monoisotopic (exact) mass is 648 g/mol. The van der Waals surface area contributed by atoms with Crippen molar-refractivity contribution in [3.05, 3.63) is 36.0 Å². The third-order valence-corrected chi connectivity index (χ3v) is 5.89. The third kappa shape index (κ3) is 17.6. The van der Waals surface area contributed by atoms with Crippen LogP contribution in [0.3, 0.4) is 0 Å². The molecule has 4 N–H and O–H groups in total. The van der Waals surface area contributed by atoms with Crippen LogP contribution in [0, 0.1) is 6.92 Å². The highest BCUT2D eigenvalue weighted by Gasteiger charge is 2.22. The average Bonchev–Trinajstić information content (AvgIpc) is 3.47. The molecule has 0 bridgehead atoms. The second-order valence-corrected chi connectivity index (χ2v) is 9.07. The van der Waals surface area contributed by atoms with E-state index in [9.17, 15) is 4.79 Å². The highest BCUT2D eigenvalue weighted by molar-refractivity contribution is 7.99. The van der Waals surface area contributed by atoms with E-state index in [1.165, 1.54) is 25.6 Å². The molecule has 0 radical (unpaired) electrons. The molecule has 1 amide bonds. The molecular weight excluding hydrogens is 596 g/mol. The van der Waals surface area contributed by atoms with E-state index in [1.54, 1.807) is 14.2 Å². The van der Waals surface area contributed by atoms with E-state index in [0.717, 1.165) is 35.3 Å². The molecule has 1 aromatic carbocycles. The van der Waals surface area contributed by atoms with Crippen molar-refractivity contribution in [2.24, 2.45) is 0 Å². The Balaban J connectivity index is 0. The van der Waals surface area contributed by atoms with Crippen LogP contribution in [-0.2, 0) is 19.1 Å². The van der Waals surface area contributed by atoms with E-state index < -0.39 is 0 Å². The predicted molar refractivity (Wildman–Crippen MR) is 184 cm³/mol. The fraction of sp³-hybridized carbons (Fsp3) is 0.484. The molecule has 0 aliphatic rings. The zero-order valence-electron chi connectivity index (χ0n) is 28.4. The standard InChI is InChI=1S/C23H32N8O3S.2C2H4O.2C2H6/c1-16-14-19(30-29-16)26-21-20(34-4)22(31(11-5-13-33-3)12-10-25-15-32)28-23(27-21)35-18-8-6-17(24-2)7-9-18;2*1-2-3;2*1-2/h6-9,14-15,24H,5,10-13H2,1-4H3,(H,25,32)(H2,26,27,28,29,30);2*2H,1H3;2*1-2H3. The van der Waals surface area contributed by atoms with Gasteiger partial charge in [0.1, 0.15) is 12.6 Å². The summed E-state index contributed by atoms with van der Waals surface area (Å²) in [5.74, 6) is 2.23. The number of aryl methyl sites for hydroxylation is 1. The van der Waals surface area contributed by atoms with Crippen molar-refractivity contribution in [2.75, 3.05) is 63.0 Å². The number of rotatable bonds is 15. The molecule has 0 spiro atoms. The van der Waals surface area contributed by atoms with Gasteiger partial charge in [-0.05, 0) is 63.2 Å². The quantitative estimate of drug-likeness (QED) is 0.0930. The molecule has 252 valence electrons. The van der Waals surface area contributed by atoms with Crippen molar-refractivity contribution in [1.82, 2.24) is 25.5 Å². The smallest absolute Gasteiger partial charge is 0.207 e. The summed E-state index contributed by atoms with van der Waals surface area (Å²) in [7, 11) is 5.14. The molecule has 0 fully saturated rings. The summed E-state index contributed by atoms with van der Waals surface area (Å²) in [6, 6.07) is 9.91. The van der Waals surface area contributed by atoms with Crippen LogP contribution in [0.1, 0.15) is 53.7 Å². The van der Waals surface area contributed by atoms with Gasteiger partial charge in [-0.25, -0.2) is 9.97 Å². The first kappa shape index (κ1) is 43.0. The molecule has 2 heterocycles. The Hall–Kier alpha value is -4.17. The number of anilines is 4. The summed E-state index contributed by atoms with van der Waals surface area (Å²) in [4.78, 5) is 41.1. The number of benzene rings is 1. The number of methoxy groups -OCH3 is 2. The van der Waals surface area contributed by atoms with E-state index in [1.807, 2.05) is 72.0 Å². The average molecular weight is 649 g/mol. The molecule has 0 saturated carbocycles. The van der Waals surface area contributed by atoms with Crippen molar-refractivity contribution in [2.45, 2.75) is 64.9 Å². The van der Waals surface area contributed by atoms with Gasteiger partial charge in [-0.2, -0.15) is 5.10 Å². The summed E-state index contributed by atoms with van der Waals surface area (Å²) < 4.78 is 11.0. The molecule has 0 unspecified atom stereocenters. The van der Waals surface area contributed by atoms with E-state index in [4.69, 9.17) is 29.0 Å². The first-order chi connectivity index (χ1) is 21.9. The summed E-state index contributed by atoms with van der Waals surface area (Å²) in [5.41, 5.74) is 1.94. The SMILES string of the molecule is CC.CC.CC=O.CC=O.CNc1ccc(Sc2nc(Nc3cc(C)[nH]n3)c(OC)c(N(CCCOC)CCNC=O)n2)cc1. The zero-order valence-corrected chi connectivity index (χ0v) is 29.2. The van der Waals surface area contributed by atoms with Crippen LogP contribution in [0.5, 0.6) is 5.75 Å². The van der Waals surface area contributed by atoms with Gasteiger partial charge in [0.15, 0.2) is 22.6 Å². The van der Waals surface area contributed by atoms with Gasteiger partial charge in [0.05, 0.1) is 7.11 Å². The molecule has 14 heteroatoms. The van der Waals surface area contributed by atoms with Crippen molar-refractivity contribution >= 4 is 53.9 Å². The van der Waals surface area contributed by atoms with Crippen LogP contribution in [0.2, 0.25) is 0 Å². The Labute approximate surface area is 272 Å². The van der Waals surface area contributed by atoms with Crippen molar-refractivity contribution < 1.29 is 23.9 Å². The van der Waals surface area contributed by atoms with Crippen LogP contribution in [0.25, 0.3) is 0 Å². The molecule has 45 heavy (non-hydrogen) atoms. The minimum atomic E-state index is 0.457. The fourth-order valence-corrected chi connectivity index (χ4v) is 4.08. The van der Waals surface area contributed by atoms with Crippen LogP contribution in [0.4, 0.5) is 23.1 Å². The molecule has 2 aromatic heterocycles. The lowest BCUT2D eigenvalue weighted by molar-refractivity contribution is -0.109. The highest BCUT2D eigenvalue weighted by Crippen LogP contribution is 2.38. The maximum Gasteiger partial charge on any atom is 0.207 e. The van der Waals surface area contributed by atoms with Crippen LogP contribution in [0.15, 0.2) is 40.4 Å². The fourth-order valence-electron chi connectivity index (χ4n) is 3.33. The Morgan fingerprint density at radius 2 is 1.60 bits per heavy atom. The van der Waals surface area contributed by atoms with Gasteiger partial charge >= 0.3 is 0 Å². The number of nitrogens with one attached hydrogen (secondary N) is 4. The van der Waals surface area contributed by atoms with Crippen LogP contribution >= 0.6 is 11.8 Å². The van der Waals surface area contributed by atoms with Crippen molar-refractivity contribution in [3.8, 4) is 5.75 Å². The Bertz CT molecular complexity index is 1170. The lowest BCUT2D eigenvalue weighted by Gasteiger charge is -2.26. The lowest BCUT2D eigenvalue weighted by Crippen LogP contribution is -2.34. The number of hydrogen-bond acceptors (Lipinski definition) is 12. The molecule has 3 rings (SSSR count). The minimum absolute atomic E-state index is 0.457. The van der Waals surface area contributed by atoms with E-state index in [2.05, 4.69) is 31.0 Å². The molecule has 13 nitrogen and oxygen atoms in total. The van der Waals surface area contributed by atoms with Gasteiger partial charge in [0.25, 0.3) is 0 Å². The lowest BCUT2D eigenvalue weighted by atomic mass is 10.3. The Kier molecular flexibility index (Phi) is 27.3. The third-order valence-electron chi connectivity index (χ3n) is 5.02. The number of hydrogen-bond donors (Lipinski definition) is 4. The number of H-pyrrole nitrogens is 1. The van der Waals surface area contributed by atoms with Crippen LogP contribution < -0.4 is 25.6 Å². The number of aromatic amines is 1. The number of nitrogens with zero attached hydrogens (tertiary/aromatic N) is 4. The topological polar surface area (TPSA) is 163 Å². The van der Waals surface area contributed by atoms with Gasteiger partial charge in [-0.15, -0.1) is 0 Å². The van der Waals surface area contributed by atoms with Gasteiger partial charge in [0.2, 0.25) is 12.2 Å². The maximum absolute atomic E-state index is 10.8. The van der Waals surface area contributed by atoms with Gasteiger partial charge in [0, 0.05) is 62.7 Å². The first-order valence-corrected chi connectivity index (χ1v) is 15.6. The molecule has 0 atom stereocenters. The van der Waals surface area contributed by atoms with Crippen LogP contribution in [-0.4, -0.2) is 86.7 Å². The molecular formula is C31H52N8O5S. The molecule has 0 aliphatic carbocycles. The first-order valence-electron chi connectivity index (χ1n) is 14.8. The van der Waals surface area contributed by atoms with Crippen molar-refractivity contribution in [1.29, 1.82) is 0 Å². The number of aldehydes is 2. The predicted octanol–water partition coefficient (Wildman–Crippen LogP) is 5.50. The van der Waals surface area contributed by atoms with Gasteiger partial charge in [-0.3, -0.25) is 9.89 Å². The largest absolute Gasteiger partial charge is 0.490 e. The normalized spacial score (nSPS) is 9.11. The minimum Gasteiger partial charge on any atom is -0.490 e. The highest BCUT2D eigenvalue weighted by atomic mass is 32.2. The molecule has 0 saturated heterocycles. The number of aromatic nitrogens is 4. The Morgan fingerprint density at radius 1 is 0.978 bits per heavy atom. The number of carbonyl (C=O) groups excluding carboxylic acids is 3. The van der Waals surface area contributed by atoms with E-state index in [0.29, 0.717) is 61.0 Å². The number of amides is 1. The summed E-state index contributed by atoms with van der Waals surface area (Å²) in [6.07, 6.45) is 2.97. The second kappa shape index (κ2) is 28.6. The number of carbonyl (C=O) groups is 3. The molecule has 3 aromatic rings. The number of ether oxygens (including phenoxy) is 2. The zero-order chi connectivity index (χ0) is 34.5. The summed E-state index contributed by atoms with van der Waals surface area (Å²) >= 11 is 1.45. The summed E-state index contributed by atoms with van der Waals surface area (Å²) in [5, 5.41) is 16.8. The molecule has 0 aliphatic heterocycles. The van der Waals surface area contributed by atoms with Crippen molar-refractivity contribution in [3.63, 3.8) is 0 Å². The van der Waals surface area contributed by atoms with E-state index in [-0.39, 0.29) is 0 Å². The van der Waals surface area contributed by atoms with Gasteiger partial charge in [-0.1, -0.05) is 27.7 Å². The van der Waals surface area contributed by atoms with E-state index >= 15 is 0 Å². The maximum atomic E-state index is 10.8. The summed E-state index contributed by atoms with van der Waals surface area (Å²) in [6.45, 7) is 15.1. The Morgan fingerprint density at radius 3 is 2.09 bits per heavy atom. The second-order valence-electron chi connectivity index (χ2n) is 8.03. The van der Waals surface area contributed by atoms with Gasteiger partial charge < -0.3 is 39.9 Å².